The van der Waals surface area contributed by atoms with Gasteiger partial charge in [-0.05, 0) is 37.3 Å². The van der Waals surface area contributed by atoms with Gasteiger partial charge in [0.2, 0.25) is 0 Å². The lowest BCUT2D eigenvalue weighted by atomic mass is 10.3. The first kappa shape index (κ1) is 18.0. The summed E-state index contributed by atoms with van der Waals surface area (Å²) in [4.78, 5) is 14.3. The van der Waals surface area contributed by atoms with Crippen LogP contribution in [-0.4, -0.2) is 42.8 Å². The molecule has 8 heteroatoms. The summed E-state index contributed by atoms with van der Waals surface area (Å²) in [5.74, 6) is 0.907. The molecular weight excluding hydrogens is 412 g/mol. The number of aromatic nitrogens is 2. The van der Waals surface area contributed by atoms with E-state index in [1.165, 1.54) is 4.70 Å². The summed E-state index contributed by atoms with van der Waals surface area (Å²) in [6.45, 7) is 6.40. The Morgan fingerprint density at radius 1 is 0.964 bits per heavy atom. The van der Waals surface area contributed by atoms with Gasteiger partial charge in [-0.25, -0.2) is 9.97 Å². The summed E-state index contributed by atoms with van der Waals surface area (Å²) >= 11 is 9.73. The van der Waals surface area contributed by atoms with Crippen molar-refractivity contribution in [1.29, 1.82) is 0 Å². The highest BCUT2D eigenvalue weighted by Crippen LogP contribution is 2.35. The molecule has 0 radical (unpaired) electrons. The molecule has 2 aromatic heterocycles. The fourth-order valence-electron chi connectivity index (χ4n) is 3.41. The van der Waals surface area contributed by atoms with Gasteiger partial charge >= 0.3 is 0 Å². The standard InChI is InChI=1S/C20H19ClN4OS2/c1-2-26-13-6-7-15-17(12-13)28-19(22-15)24-8-10-25(11-9-24)20-23-18-14(21)4-3-5-16(18)27-20/h3-7,12H,2,8-11H2,1H3. The molecule has 28 heavy (non-hydrogen) atoms. The zero-order chi connectivity index (χ0) is 19.1. The number of benzene rings is 2. The van der Waals surface area contributed by atoms with Gasteiger partial charge in [-0.2, -0.15) is 0 Å². The number of anilines is 2. The normalized spacial score (nSPS) is 14.9. The zero-order valence-electron chi connectivity index (χ0n) is 15.4. The number of piperazine rings is 1. The minimum atomic E-state index is 0.677. The van der Waals surface area contributed by atoms with Crippen molar-refractivity contribution < 1.29 is 4.74 Å². The molecule has 2 aromatic carbocycles. The molecule has 0 spiro atoms. The Kier molecular flexibility index (Phi) is 4.74. The van der Waals surface area contributed by atoms with Gasteiger partial charge in [0.15, 0.2) is 10.3 Å². The van der Waals surface area contributed by atoms with Crippen molar-refractivity contribution in [1.82, 2.24) is 9.97 Å². The topological polar surface area (TPSA) is 41.5 Å². The molecule has 0 N–H and O–H groups in total. The smallest absolute Gasteiger partial charge is 0.186 e. The maximum atomic E-state index is 6.28. The number of fused-ring (bicyclic) bond motifs is 2. The minimum absolute atomic E-state index is 0.677. The predicted octanol–water partition coefficient (Wildman–Crippen LogP) is 5.28. The van der Waals surface area contributed by atoms with Gasteiger partial charge in [-0.3, -0.25) is 0 Å². The number of ether oxygens (including phenoxy) is 1. The summed E-state index contributed by atoms with van der Waals surface area (Å²) in [5.41, 5.74) is 1.94. The molecule has 4 aromatic rings. The average Bonchev–Trinajstić information content (AvgIpc) is 3.33. The first-order valence-corrected chi connectivity index (χ1v) is 11.3. The molecule has 0 aliphatic carbocycles. The van der Waals surface area contributed by atoms with E-state index in [4.69, 9.17) is 26.3 Å². The number of rotatable bonds is 4. The van der Waals surface area contributed by atoms with Crippen LogP contribution in [0, 0.1) is 0 Å². The molecule has 1 aliphatic rings. The molecule has 1 saturated heterocycles. The van der Waals surface area contributed by atoms with Crippen molar-refractivity contribution in [2.75, 3.05) is 42.6 Å². The third kappa shape index (κ3) is 3.27. The van der Waals surface area contributed by atoms with Crippen LogP contribution in [-0.2, 0) is 0 Å². The summed E-state index contributed by atoms with van der Waals surface area (Å²) in [7, 11) is 0. The highest BCUT2D eigenvalue weighted by molar-refractivity contribution is 7.22. The van der Waals surface area contributed by atoms with E-state index < -0.39 is 0 Å². The Labute approximate surface area is 176 Å². The van der Waals surface area contributed by atoms with Crippen molar-refractivity contribution >= 4 is 65.0 Å². The Morgan fingerprint density at radius 2 is 1.68 bits per heavy atom. The molecule has 1 aliphatic heterocycles. The van der Waals surface area contributed by atoms with Gasteiger partial charge in [0.05, 0.1) is 26.5 Å². The van der Waals surface area contributed by atoms with Crippen LogP contribution in [0.15, 0.2) is 36.4 Å². The monoisotopic (exact) mass is 430 g/mol. The van der Waals surface area contributed by atoms with Crippen molar-refractivity contribution in [3.05, 3.63) is 41.4 Å². The van der Waals surface area contributed by atoms with E-state index in [1.54, 1.807) is 22.7 Å². The Hall–Kier alpha value is -2.09. The van der Waals surface area contributed by atoms with Gasteiger partial charge in [0.25, 0.3) is 0 Å². The molecule has 0 unspecified atom stereocenters. The Bertz CT molecular complexity index is 1130. The maximum absolute atomic E-state index is 6.28. The summed E-state index contributed by atoms with van der Waals surface area (Å²) in [6, 6.07) is 12.1. The van der Waals surface area contributed by atoms with Gasteiger partial charge in [0, 0.05) is 26.2 Å². The highest BCUT2D eigenvalue weighted by Gasteiger charge is 2.22. The molecule has 3 heterocycles. The molecule has 0 atom stereocenters. The molecule has 5 rings (SSSR count). The molecule has 1 fully saturated rings. The number of hydrogen-bond donors (Lipinski definition) is 0. The van der Waals surface area contributed by atoms with E-state index >= 15 is 0 Å². The average molecular weight is 431 g/mol. The lowest BCUT2D eigenvalue weighted by Gasteiger charge is -2.34. The summed E-state index contributed by atoms with van der Waals surface area (Å²) in [5, 5.41) is 2.85. The van der Waals surface area contributed by atoms with E-state index in [2.05, 4.69) is 21.9 Å². The van der Waals surface area contributed by atoms with Gasteiger partial charge in [-0.15, -0.1) is 0 Å². The second-order valence-electron chi connectivity index (χ2n) is 6.62. The second kappa shape index (κ2) is 7.39. The van der Waals surface area contributed by atoms with Gasteiger partial charge in [-0.1, -0.05) is 40.3 Å². The second-order valence-corrected chi connectivity index (χ2v) is 9.04. The van der Waals surface area contributed by atoms with Crippen molar-refractivity contribution in [2.45, 2.75) is 6.92 Å². The minimum Gasteiger partial charge on any atom is -0.494 e. The van der Waals surface area contributed by atoms with Crippen LogP contribution in [0.1, 0.15) is 6.92 Å². The van der Waals surface area contributed by atoms with Crippen LogP contribution in [0.4, 0.5) is 10.3 Å². The van der Waals surface area contributed by atoms with E-state index in [9.17, 15) is 0 Å². The Morgan fingerprint density at radius 3 is 2.39 bits per heavy atom. The first-order valence-electron chi connectivity index (χ1n) is 9.29. The van der Waals surface area contributed by atoms with Crippen LogP contribution >= 0.6 is 34.3 Å². The fourth-order valence-corrected chi connectivity index (χ4v) is 5.77. The largest absolute Gasteiger partial charge is 0.494 e. The number of thiazole rings is 2. The van der Waals surface area contributed by atoms with E-state index in [0.29, 0.717) is 6.61 Å². The van der Waals surface area contributed by atoms with Crippen molar-refractivity contribution in [3.8, 4) is 5.75 Å². The molecule has 5 nitrogen and oxygen atoms in total. The number of halogens is 1. The van der Waals surface area contributed by atoms with Gasteiger partial charge < -0.3 is 14.5 Å². The SMILES string of the molecule is CCOc1ccc2nc(N3CCN(c4nc5c(Cl)cccc5s4)CC3)sc2c1. The predicted molar refractivity (Wildman–Crippen MR) is 120 cm³/mol. The van der Waals surface area contributed by atoms with Crippen LogP contribution in [0.5, 0.6) is 5.75 Å². The van der Waals surface area contributed by atoms with E-state index in [-0.39, 0.29) is 0 Å². The fraction of sp³-hybridized carbons (Fsp3) is 0.300. The van der Waals surface area contributed by atoms with Crippen LogP contribution in [0.25, 0.3) is 20.4 Å². The third-order valence-electron chi connectivity index (χ3n) is 4.84. The molecule has 0 saturated carbocycles. The van der Waals surface area contributed by atoms with E-state index in [1.807, 2.05) is 31.2 Å². The lowest BCUT2D eigenvalue weighted by Crippen LogP contribution is -2.46. The maximum Gasteiger partial charge on any atom is 0.186 e. The summed E-state index contributed by atoms with van der Waals surface area (Å²) < 4.78 is 7.92. The first-order chi connectivity index (χ1) is 13.7. The van der Waals surface area contributed by atoms with Crippen LogP contribution in [0.2, 0.25) is 5.02 Å². The third-order valence-corrected chi connectivity index (χ3v) is 7.30. The zero-order valence-corrected chi connectivity index (χ0v) is 17.8. The van der Waals surface area contributed by atoms with Gasteiger partial charge in [0.1, 0.15) is 11.3 Å². The van der Waals surface area contributed by atoms with Crippen LogP contribution < -0.4 is 14.5 Å². The molecule has 0 amide bonds. The highest BCUT2D eigenvalue weighted by atomic mass is 35.5. The van der Waals surface area contributed by atoms with Crippen molar-refractivity contribution in [3.63, 3.8) is 0 Å². The Balaban J connectivity index is 1.32. The quantitative estimate of drug-likeness (QED) is 0.440. The molecular formula is C20H19ClN4OS2. The lowest BCUT2D eigenvalue weighted by molar-refractivity contribution is 0.341. The number of hydrogen-bond acceptors (Lipinski definition) is 7. The van der Waals surface area contributed by atoms with E-state index in [0.717, 1.165) is 62.9 Å². The molecule has 0 bridgehead atoms. The van der Waals surface area contributed by atoms with Crippen molar-refractivity contribution in [2.24, 2.45) is 0 Å². The molecule has 144 valence electrons. The number of para-hydroxylation sites is 1. The van der Waals surface area contributed by atoms with Crippen LogP contribution in [0.3, 0.4) is 0 Å². The summed E-state index contributed by atoms with van der Waals surface area (Å²) in [6.07, 6.45) is 0. The number of nitrogens with zero attached hydrogens (tertiary/aromatic N) is 4.